The first-order valence-electron chi connectivity index (χ1n) is 8.83. The van der Waals surface area contributed by atoms with Gasteiger partial charge in [0.1, 0.15) is 0 Å². The summed E-state index contributed by atoms with van der Waals surface area (Å²) >= 11 is 5.62. The van der Waals surface area contributed by atoms with Crippen LogP contribution in [-0.2, 0) is 17.8 Å². The summed E-state index contributed by atoms with van der Waals surface area (Å²) in [5, 5.41) is 3.85. The molecule has 1 aromatic heterocycles. The molecule has 0 fully saturated rings. The molecular formula is C20H27N3O4S. The normalized spacial score (nSPS) is 10.3. The lowest BCUT2D eigenvalue weighted by Crippen LogP contribution is -2.40. The van der Waals surface area contributed by atoms with E-state index in [-0.39, 0.29) is 0 Å². The molecule has 0 unspecified atom stereocenters. The molecule has 1 aromatic carbocycles. The first kappa shape index (κ1) is 21.7. The van der Waals surface area contributed by atoms with Crippen LogP contribution in [0.25, 0.3) is 0 Å². The van der Waals surface area contributed by atoms with Crippen LogP contribution >= 0.6 is 12.2 Å². The fourth-order valence-corrected chi connectivity index (χ4v) is 3.01. The van der Waals surface area contributed by atoms with Crippen molar-refractivity contribution in [1.82, 2.24) is 15.2 Å². The number of rotatable bonds is 10. The van der Waals surface area contributed by atoms with E-state index in [4.69, 9.17) is 31.2 Å². The maximum absolute atomic E-state index is 5.62. The molecule has 0 aliphatic rings. The molecule has 0 saturated carbocycles. The van der Waals surface area contributed by atoms with Crippen molar-refractivity contribution >= 4 is 17.3 Å². The van der Waals surface area contributed by atoms with Crippen LogP contribution in [-0.4, -0.2) is 56.6 Å². The molecule has 8 heteroatoms. The summed E-state index contributed by atoms with van der Waals surface area (Å²) in [6, 6.07) is 7.74. The molecule has 152 valence electrons. The van der Waals surface area contributed by atoms with Gasteiger partial charge >= 0.3 is 0 Å². The molecule has 0 atom stereocenters. The van der Waals surface area contributed by atoms with Gasteiger partial charge in [0.25, 0.3) is 0 Å². The molecule has 0 aliphatic carbocycles. The van der Waals surface area contributed by atoms with Gasteiger partial charge in [0.05, 0.1) is 27.9 Å². The van der Waals surface area contributed by atoms with Crippen LogP contribution in [0.2, 0.25) is 0 Å². The predicted molar refractivity (Wildman–Crippen MR) is 112 cm³/mol. The summed E-state index contributed by atoms with van der Waals surface area (Å²) in [5.74, 6) is 1.79. The van der Waals surface area contributed by atoms with Crippen LogP contribution in [0.4, 0.5) is 0 Å². The van der Waals surface area contributed by atoms with E-state index in [0.717, 1.165) is 11.1 Å². The first-order chi connectivity index (χ1) is 13.6. The number of pyridine rings is 1. The third-order valence-corrected chi connectivity index (χ3v) is 4.52. The number of benzene rings is 1. The number of ether oxygens (including phenoxy) is 4. The quantitative estimate of drug-likeness (QED) is 0.478. The third kappa shape index (κ3) is 5.71. The number of hydrogen-bond acceptors (Lipinski definition) is 6. The van der Waals surface area contributed by atoms with E-state index in [9.17, 15) is 0 Å². The second-order valence-electron chi connectivity index (χ2n) is 5.94. The van der Waals surface area contributed by atoms with Crippen molar-refractivity contribution in [2.45, 2.75) is 13.1 Å². The molecule has 0 amide bonds. The summed E-state index contributed by atoms with van der Waals surface area (Å²) in [5.41, 5.74) is 1.98. The largest absolute Gasteiger partial charge is 0.493 e. The van der Waals surface area contributed by atoms with Gasteiger partial charge in [-0.25, -0.2) is 0 Å². The van der Waals surface area contributed by atoms with Crippen molar-refractivity contribution in [2.75, 3.05) is 41.6 Å². The standard InChI is InChI=1S/C20H27N3O4S/c1-24-11-10-22-20(28)23(13-15-6-5-9-21-12-15)14-16-7-8-17(25-2)19(27-4)18(16)26-3/h5-9,12H,10-11,13-14H2,1-4H3,(H,22,28). The van der Waals surface area contributed by atoms with Crippen LogP contribution in [0.1, 0.15) is 11.1 Å². The highest BCUT2D eigenvalue weighted by Gasteiger charge is 2.19. The molecule has 2 aromatic rings. The Labute approximate surface area is 171 Å². The maximum Gasteiger partial charge on any atom is 0.203 e. The second kappa shape index (κ2) is 11.3. The highest BCUT2D eigenvalue weighted by atomic mass is 32.1. The van der Waals surface area contributed by atoms with E-state index in [0.29, 0.717) is 48.6 Å². The van der Waals surface area contributed by atoms with Gasteiger partial charge in [0.2, 0.25) is 5.75 Å². The number of aromatic nitrogens is 1. The Balaban J connectivity index is 2.29. The molecule has 28 heavy (non-hydrogen) atoms. The fourth-order valence-electron chi connectivity index (χ4n) is 2.78. The predicted octanol–water partition coefficient (Wildman–Crippen LogP) is 2.63. The molecule has 0 saturated heterocycles. The van der Waals surface area contributed by atoms with Crippen LogP contribution in [0.3, 0.4) is 0 Å². The monoisotopic (exact) mass is 405 g/mol. The van der Waals surface area contributed by atoms with E-state index >= 15 is 0 Å². The number of hydrogen-bond donors (Lipinski definition) is 1. The van der Waals surface area contributed by atoms with E-state index in [1.165, 1.54) is 0 Å². The van der Waals surface area contributed by atoms with Gasteiger partial charge in [0.15, 0.2) is 16.6 Å². The van der Waals surface area contributed by atoms with Crippen LogP contribution < -0.4 is 19.5 Å². The molecule has 1 heterocycles. The van der Waals surface area contributed by atoms with Gasteiger partial charge in [-0.05, 0) is 36.0 Å². The molecule has 1 N–H and O–H groups in total. The summed E-state index contributed by atoms with van der Waals surface area (Å²) in [6.45, 7) is 2.32. The smallest absolute Gasteiger partial charge is 0.203 e. The third-order valence-electron chi connectivity index (χ3n) is 4.11. The molecule has 0 bridgehead atoms. The number of methoxy groups -OCH3 is 4. The summed E-state index contributed by atoms with van der Waals surface area (Å²) in [4.78, 5) is 6.24. The van der Waals surface area contributed by atoms with Crippen molar-refractivity contribution in [1.29, 1.82) is 0 Å². The molecule has 7 nitrogen and oxygen atoms in total. The minimum atomic E-state index is 0.525. The Hall–Kier alpha value is -2.58. The van der Waals surface area contributed by atoms with Crippen molar-refractivity contribution < 1.29 is 18.9 Å². The SMILES string of the molecule is COCCNC(=S)N(Cc1cccnc1)Cc1ccc(OC)c(OC)c1OC. The zero-order valence-corrected chi connectivity index (χ0v) is 17.5. The summed E-state index contributed by atoms with van der Waals surface area (Å²) in [6.07, 6.45) is 3.58. The Kier molecular flexibility index (Phi) is 8.77. The minimum absolute atomic E-state index is 0.525. The molecular weight excluding hydrogens is 378 g/mol. The topological polar surface area (TPSA) is 65.1 Å². The van der Waals surface area contributed by atoms with Crippen molar-refractivity contribution in [2.24, 2.45) is 0 Å². The Morgan fingerprint density at radius 2 is 1.82 bits per heavy atom. The van der Waals surface area contributed by atoms with E-state index < -0.39 is 0 Å². The zero-order valence-electron chi connectivity index (χ0n) is 16.7. The van der Waals surface area contributed by atoms with E-state index in [1.54, 1.807) is 34.6 Å². The second-order valence-corrected chi connectivity index (χ2v) is 6.32. The average molecular weight is 406 g/mol. The van der Waals surface area contributed by atoms with Gasteiger partial charge in [-0.2, -0.15) is 0 Å². The van der Waals surface area contributed by atoms with Gasteiger partial charge in [-0.1, -0.05) is 6.07 Å². The lowest BCUT2D eigenvalue weighted by molar-refractivity contribution is 0.202. The van der Waals surface area contributed by atoms with Crippen LogP contribution in [0.15, 0.2) is 36.7 Å². The zero-order chi connectivity index (χ0) is 20.4. The number of thiocarbonyl (C=S) groups is 1. The molecule has 0 radical (unpaired) electrons. The number of nitrogens with one attached hydrogen (secondary N) is 1. The maximum atomic E-state index is 5.62. The molecule has 0 aliphatic heterocycles. The van der Waals surface area contributed by atoms with Gasteiger partial charge < -0.3 is 29.2 Å². The Bertz CT molecular complexity index is 759. The lowest BCUT2D eigenvalue weighted by Gasteiger charge is -2.27. The molecule has 2 rings (SSSR count). The first-order valence-corrected chi connectivity index (χ1v) is 9.23. The van der Waals surface area contributed by atoms with E-state index in [2.05, 4.69) is 10.3 Å². The Morgan fingerprint density at radius 1 is 1.04 bits per heavy atom. The van der Waals surface area contributed by atoms with Gasteiger partial charge in [0, 0.05) is 44.7 Å². The highest BCUT2D eigenvalue weighted by molar-refractivity contribution is 7.80. The number of nitrogens with zero attached hydrogens (tertiary/aromatic N) is 2. The lowest BCUT2D eigenvalue weighted by atomic mass is 10.1. The van der Waals surface area contributed by atoms with Crippen LogP contribution in [0.5, 0.6) is 17.2 Å². The average Bonchev–Trinajstić information content (AvgIpc) is 2.73. The van der Waals surface area contributed by atoms with E-state index in [1.807, 2.05) is 35.4 Å². The fraction of sp³-hybridized carbons (Fsp3) is 0.400. The van der Waals surface area contributed by atoms with Crippen LogP contribution in [0, 0.1) is 0 Å². The van der Waals surface area contributed by atoms with Crippen molar-refractivity contribution in [3.8, 4) is 17.2 Å². The summed E-state index contributed by atoms with van der Waals surface area (Å²) < 4.78 is 21.6. The van der Waals surface area contributed by atoms with Crippen molar-refractivity contribution in [3.05, 3.63) is 47.8 Å². The summed E-state index contributed by atoms with van der Waals surface area (Å²) in [7, 11) is 6.46. The Morgan fingerprint density at radius 3 is 2.43 bits per heavy atom. The van der Waals surface area contributed by atoms with Crippen molar-refractivity contribution in [3.63, 3.8) is 0 Å². The molecule has 0 spiro atoms. The van der Waals surface area contributed by atoms with Gasteiger partial charge in [-0.15, -0.1) is 0 Å². The minimum Gasteiger partial charge on any atom is -0.493 e. The highest BCUT2D eigenvalue weighted by Crippen LogP contribution is 2.40. The van der Waals surface area contributed by atoms with Gasteiger partial charge in [-0.3, -0.25) is 4.98 Å².